The number of anilines is 1. The van der Waals surface area contributed by atoms with Crippen molar-refractivity contribution in [1.29, 1.82) is 0 Å². The molecule has 12 heteroatoms. The maximum Gasteiger partial charge on any atom is 0.307 e. The zero-order valence-corrected chi connectivity index (χ0v) is 27.3. The van der Waals surface area contributed by atoms with Gasteiger partial charge in [-0.2, -0.15) is 5.10 Å². The fourth-order valence-corrected chi connectivity index (χ4v) is 5.32. The van der Waals surface area contributed by atoms with Gasteiger partial charge in [-0.05, 0) is 127 Å². The number of nitrogens with one attached hydrogen (secondary N) is 2. The zero-order valence-electron chi connectivity index (χ0n) is 25.2. The van der Waals surface area contributed by atoms with E-state index in [2.05, 4.69) is 46.4 Å². The van der Waals surface area contributed by atoms with Gasteiger partial charge in [0.15, 0.2) is 23.9 Å². The molecule has 0 unspecified atom stereocenters. The van der Waals surface area contributed by atoms with E-state index in [1.165, 1.54) is 37.6 Å². The lowest BCUT2D eigenvalue weighted by Gasteiger charge is -2.13. The number of benzene rings is 3. The highest BCUT2D eigenvalue weighted by Crippen LogP contribution is 2.33. The van der Waals surface area contributed by atoms with Crippen molar-refractivity contribution in [2.24, 2.45) is 5.10 Å². The van der Waals surface area contributed by atoms with Crippen LogP contribution in [0.2, 0.25) is 0 Å². The Hall–Kier alpha value is -5.11. The largest absolute Gasteiger partial charge is 0.493 e. The van der Waals surface area contributed by atoms with Crippen molar-refractivity contribution < 1.29 is 32.6 Å². The van der Waals surface area contributed by atoms with Gasteiger partial charge in [-0.1, -0.05) is 0 Å². The number of hydrazone groups is 1. The van der Waals surface area contributed by atoms with Crippen LogP contribution in [0.5, 0.6) is 17.2 Å². The van der Waals surface area contributed by atoms with Gasteiger partial charge in [0.1, 0.15) is 23.9 Å². The monoisotopic (exact) mass is 736 g/mol. The number of carbonyl (C=O) groups excluding carboxylic acids is 2. The lowest BCUT2D eigenvalue weighted by molar-refractivity contribution is -0.118. The number of carbonyl (C=O) groups is 2. The molecule has 0 spiro atoms. The highest BCUT2D eigenvalue weighted by molar-refractivity contribution is 14.1. The van der Waals surface area contributed by atoms with E-state index >= 15 is 0 Å². The number of rotatable bonds is 12. The van der Waals surface area contributed by atoms with Crippen molar-refractivity contribution in [2.75, 3.05) is 19.0 Å². The van der Waals surface area contributed by atoms with Gasteiger partial charge in [-0.25, -0.2) is 9.82 Å². The normalized spacial score (nSPS) is 11.0. The molecule has 10 nitrogen and oxygen atoms in total. The lowest BCUT2D eigenvalue weighted by Crippen LogP contribution is -2.20. The molecule has 5 rings (SSSR count). The molecule has 0 saturated carbocycles. The summed E-state index contributed by atoms with van der Waals surface area (Å²) in [7, 11) is 1.47. The summed E-state index contributed by atoms with van der Waals surface area (Å²) in [5.41, 5.74) is 6.86. The average Bonchev–Trinajstić information content (AvgIpc) is 3.66. The van der Waals surface area contributed by atoms with Crippen molar-refractivity contribution in [3.05, 3.63) is 123 Å². The van der Waals surface area contributed by atoms with Crippen LogP contribution in [0.3, 0.4) is 0 Å². The van der Waals surface area contributed by atoms with Gasteiger partial charge in [0, 0.05) is 22.8 Å². The minimum atomic E-state index is -0.530. The molecule has 0 aliphatic heterocycles. The number of aryl methyl sites for hydroxylation is 2. The quantitative estimate of drug-likeness (QED) is 0.0828. The molecule has 236 valence electrons. The van der Waals surface area contributed by atoms with Gasteiger partial charge in [0.2, 0.25) is 0 Å². The summed E-state index contributed by atoms with van der Waals surface area (Å²) >= 11 is 2.05. The number of aromatic nitrogens is 1. The first kappa shape index (κ1) is 32.3. The summed E-state index contributed by atoms with van der Waals surface area (Å²) in [5, 5.41) is 6.66. The molecule has 0 atom stereocenters. The van der Waals surface area contributed by atoms with Crippen molar-refractivity contribution in [1.82, 2.24) is 9.99 Å². The van der Waals surface area contributed by atoms with Crippen LogP contribution < -0.4 is 25.0 Å². The molecular formula is C34H30FIN4O6. The van der Waals surface area contributed by atoms with E-state index in [9.17, 15) is 14.0 Å². The second kappa shape index (κ2) is 14.8. The summed E-state index contributed by atoms with van der Waals surface area (Å²) in [6.07, 6.45) is 1.45. The molecule has 2 aromatic heterocycles. The molecule has 0 fully saturated rings. The Balaban J connectivity index is 1.12. The number of methoxy groups -OCH3 is 1. The third-order valence-electron chi connectivity index (χ3n) is 6.74. The lowest BCUT2D eigenvalue weighted by atomic mass is 10.2. The van der Waals surface area contributed by atoms with Crippen LogP contribution >= 0.6 is 22.6 Å². The summed E-state index contributed by atoms with van der Waals surface area (Å²) in [6, 6.07) is 23.9. The molecule has 0 radical (unpaired) electrons. The summed E-state index contributed by atoms with van der Waals surface area (Å²) in [4.78, 5) is 24.9. The van der Waals surface area contributed by atoms with E-state index in [-0.39, 0.29) is 19.0 Å². The Kier molecular flexibility index (Phi) is 10.4. The highest BCUT2D eigenvalue weighted by atomic mass is 127. The van der Waals surface area contributed by atoms with Crippen LogP contribution in [0.1, 0.15) is 33.3 Å². The van der Waals surface area contributed by atoms with E-state index in [4.69, 9.17) is 18.6 Å². The zero-order chi connectivity index (χ0) is 32.6. The number of hydrogen-bond donors (Lipinski definition) is 2. The number of furan rings is 1. The number of nitrogens with zero attached hydrogens (tertiary/aromatic N) is 2. The van der Waals surface area contributed by atoms with E-state index < -0.39 is 17.6 Å². The second-order valence-corrected chi connectivity index (χ2v) is 11.2. The molecular weight excluding hydrogens is 706 g/mol. The Morgan fingerprint density at radius 1 is 0.957 bits per heavy atom. The SMILES string of the molecule is COc1cc(/C=N/NC(=O)c2ccc(COc3ccc(-n4c(C)ccc4C)cc3)o2)cc(I)c1OCC(=O)Nc1ccc(F)cc1. The smallest absolute Gasteiger partial charge is 0.307 e. The third-order valence-corrected chi connectivity index (χ3v) is 7.54. The first-order valence-corrected chi connectivity index (χ1v) is 15.1. The van der Waals surface area contributed by atoms with Crippen LogP contribution in [-0.4, -0.2) is 36.3 Å². The van der Waals surface area contributed by atoms with Crippen molar-refractivity contribution in [3.8, 4) is 22.9 Å². The van der Waals surface area contributed by atoms with E-state index in [0.29, 0.717) is 37.8 Å². The summed E-state index contributed by atoms with van der Waals surface area (Å²) in [6.45, 7) is 3.98. The number of hydrogen-bond acceptors (Lipinski definition) is 7. The number of amides is 2. The predicted octanol–water partition coefficient (Wildman–Crippen LogP) is 6.80. The van der Waals surface area contributed by atoms with Crippen LogP contribution in [0.4, 0.5) is 10.1 Å². The second-order valence-electron chi connectivity index (χ2n) is 10.1. The Labute approximate surface area is 278 Å². The molecule has 2 heterocycles. The van der Waals surface area contributed by atoms with E-state index in [1.54, 1.807) is 24.3 Å². The van der Waals surface area contributed by atoms with Crippen molar-refractivity contribution in [2.45, 2.75) is 20.5 Å². The van der Waals surface area contributed by atoms with Gasteiger partial charge in [-0.3, -0.25) is 9.59 Å². The van der Waals surface area contributed by atoms with Gasteiger partial charge in [0.05, 0.1) is 16.9 Å². The van der Waals surface area contributed by atoms with Crippen molar-refractivity contribution >= 4 is 46.3 Å². The fourth-order valence-electron chi connectivity index (χ4n) is 4.54. The van der Waals surface area contributed by atoms with Crippen LogP contribution in [0, 0.1) is 23.2 Å². The van der Waals surface area contributed by atoms with Crippen molar-refractivity contribution in [3.63, 3.8) is 0 Å². The summed E-state index contributed by atoms with van der Waals surface area (Å²) < 4.78 is 38.5. The van der Waals surface area contributed by atoms with Crippen LogP contribution in [-0.2, 0) is 11.4 Å². The van der Waals surface area contributed by atoms with E-state index in [1.807, 2.05) is 46.9 Å². The molecule has 46 heavy (non-hydrogen) atoms. The predicted molar refractivity (Wildman–Crippen MR) is 180 cm³/mol. The maximum absolute atomic E-state index is 13.1. The van der Waals surface area contributed by atoms with Gasteiger partial charge in [-0.15, -0.1) is 0 Å². The highest BCUT2D eigenvalue weighted by Gasteiger charge is 2.15. The Morgan fingerprint density at radius 3 is 2.37 bits per heavy atom. The first-order chi connectivity index (χ1) is 22.2. The van der Waals surface area contributed by atoms with Crippen LogP contribution in [0.15, 0.2) is 94.4 Å². The standard InChI is InChI=1S/C34H30FIN4O6/c1-21-4-5-22(2)40(21)26-10-12-27(13-11-26)44-19-28-14-15-30(46-28)34(42)39-37-18-23-16-29(36)33(31(17-23)43-3)45-20-32(41)38-25-8-6-24(35)7-9-25/h4-18H,19-20H2,1-3H3,(H,38,41)(H,39,42)/b37-18+. The minimum absolute atomic E-state index is 0.0829. The maximum atomic E-state index is 13.1. The average molecular weight is 737 g/mol. The molecule has 3 aromatic carbocycles. The summed E-state index contributed by atoms with van der Waals surface area (Å²) in [5.74, 6) is 0.630. The molecule has 0 aliphatic carbocycles. The van der Waals surface area contributed by atoms with Gasteiger partial charge >= 0.3 is 5.91 Å². The number of ether oxygens (including phenoxy) is 3. The van der Waals surface area contributed by atoms with E-state index in [0.717, 1.165) is 17.1 Å². The molecule has 0 saturated heterocycles. The Morgan fingerprint density at radius 2 is 1.67 bits per heavy atom. The van der Waals surface area contributed by atoms with Crippen LogP contribution in [0.25, 0.3) is 5.69 Å². The molecule has 0 aliphatic rings. The third kappa shape index (κ3) is 8.13. The number of halogens is 2. The molecule has 2 amide bonds. The van der Waals surface area contributed by atoms with Gasteiger partial charge < -0.3 is 28.5 Å². The van der Waals surface area contributed by atoms with Gasteiger partial charge in [0.25, 0.3) is 5.91 Å². The molecule has 5 aromatic rings. The topological polar surface area (TPSA) is 116 Å². The fraction of sp³-hybridized carbons (Fsp3) is 0.147. The minimum Gasteiger partial charge on any atom is -0.493 e. The Bertz CT molecular complexity index is 1850. The molecule has 0 bridgehead atoms. The molecule has 2 N–H and O–H groups in total. The first-order valence-electron chi connectivity index (χ1n) is 14.1.